The Kier molecular flexibility index (Phi) is 3.95. The fourth-order valence-electron chi connectivity index (χ4n) is 3.85. The van der Waals surface area contributed by atoms with Crippen molar-refractivity contribution in [2.24, 2.45) is 15.4 Å². The Labute approximate surface area is 148 Å². The Hall–Kier alpha value is -2.42. The predicted molar refractivity (Wildman–Crippen MR) is 96.0 cm³/mol. The molecule has 4 rings (SSSR count). The van der Waals surface area contributed by atoms with Crippen LogP contribution in [0.4, 0.5) is 0 Å². The predicted octanol–water partition coefficient (Wildman–Crippen LogP) is 2.26. The molecule has 1 unspecified atom stereocenters. The lowest BCUT2D eigenvalue weighted by Gasteiger charge is -2.31. The van der Waals surface area contributed by atoms with Crippen molar-refractivity contribution in [3.8, 4) is 6.07 Å². The maximum atomic E-state index is 13.1. The number of nitriles is 1. The zero-order chi connectivity index (χ0) is 17.4. The van der Waals surface area contributed by atoms with Crippen LogP contribution in [0.3, 0.4) is 0 Å². The molecule has 4 aliphatic rings. The van der Waals surface area contributed by atoms with E-state index in [1.165, 1.54) is 0 Å². The number of amides is 1. The van der Waals surface area contributed by atoms with Crippen LogP contribution in [0.2, 0.25) is 0 Å². The first kappa shape index (κ1) is 16.1. The Morgan fingerprint density at radius 3 is 2.76 bits per heavy atom. The summed E-state index contributed by atoms with van der Waals surface area (Å²) in [5.74, 6) is -0.118. The lowest BCUT2D eigenvalue weighted by atomic mass is 9.96. The first-order valence-corrected chi connectivity index (χ1v) is 9.11. The van der Waals surface area contributed by atoms with Gasteiger partial charge in [-0.1, -0.05) is 6.92 Å². The topological polar surface area (TPSA) is 72.1 Å². The van der Waals surface area contributed by atoms with Crippen LogP contribution in [0.5, 0.6) is 0 Å². The zero-order valence-electron chi connectivity index (χ0n) is 14.6. The summed E-state index contributed by atoms with van der Waals surface area (Å²) in [6, 6.07) is 2.25. The number of fused-ring (bicyclic) bond motifs is 1. The SMILES string of the molecule is CC1(C(=C(C#N)C(=O)N2CCCCC2)N2C=NC3CN=CC=C32)CC1. The number of piperidine rings is 1. The maximum Gasteiger partial charge on any atom is 0.266 e. The van der Waals surface area contributed by atoms with Crippen LogP contribution in [0, 0.1) is 16.7 Å². The molecule has 0 bridgehead atoms. The molecule has 25 heavy (non-hydrogen) atoms. The van der Waals surface area contributed by atoms with E-state index in [-0.39, 0.29) is 22.9 Å². The highest BCUT2D eigenvalue weighted by Gasteiger charge is 2.48. The van der Waals surface area contributed by atoms with Gasteiger partial charge in [0.15, 0.2) is 0 Å². The van der Waals surface area contributed by atoms with Crippen molar-refractivity contribution in [1.82, 2.24) is 9.80 Å². The number of carbonyl (C=O) groups is 1. The summed E-state index contributed by atoms with van der Waals surface area (Å²) >= 11 is 0. The summed E-state index contributed by atoms with van der Waals surface area (Å²) in [4.78, 5) is 25.7. The minimum Gasteiger partial charge on any atom is -0.338 e. The van der Waals surface area contributed by atoms with Gasteiger partial charge >= 0.3 is 0 Å². The van der Waals surface area contributed by atoms with E-state index in [9.17, 15) is 10.1 Å². The van der Waals surface area contributed by atoms with Crippen molar-refractivity contribution in [3.05, 3.63) is 23.0 Å². The molecule has 2 fully saturated rings. The third-order valence-electron chi connectivity index (χ3n) is 5.63. The van der Waals surface area contributed by atoms with Crippen LogP contribution < -0.4 is 0 Å². The van der Waals surface area contributed by atoms with E-state index >= 15 is 0 Å². The van der Waals surface area contributed by atoms with Gasteiger partial charge in [0.2, 0.25) is 0 Å². The van der Waals surface area contributed by atoms with E-state index in [0.717, 1.165) is 56.6 Å². The fraction of sp³-hybridized carbons (Fsp3) is 0.579. The molecule has 0 spiro atoms. The number of hydrogen-bond acceptors (Lipinski definition) is 5. The molecule has 6 nitrogen and oxygen atoms in total. The van der Waals surface area contributed by atoms with E-state index in [0.29, 0.717) is 6.54 Å². The molecular formula is C19H23N5O. The number of aliphatic imine (C=N–C) groups is 2. The summed E-state index contributed by atoms with van der Waals surface area (Å²) in [6.45, 7) is 4.27. The fourth-order valence-corrected chi connectivity index (χ4v) is 3.85. The molecule has 1 aliphatic carbocycles. The highest BCUT2D eigenvalue weighted by atomic mass is 16.2. The Balaban J connectivity index is 1.75. The first-order chi connectivity index (χ1) is 12.1. The van der Waals surface area contributed by atoms with Crippen molar-refractivity contribution in [3.63, 3.8) is 0 Å². The summed E-state index contributed by atoms with van der Waals surface area (Å²) < 4.78 is 0. The Morgan fingerprint density at radius 2 is 2.08 bits per heavy atom. The standard InChI is InChI=1S/C19H23N5O/c1-19(6-7-19)17(24-13-22-15-12-21-8-5-16(15)24)14(11-20)18(25)23-9-3-2-4-10-23/h5,8,13,15H,2-4,6-7,9-10,12H2,1H3. The molecule has 0 aromatic heterocycles. The number of rotatable bonds is 3. The highest BCUT2D eigenvalue weighted by molar-refractivity contribution is 5.99. The molecule has 0 N–H and O–H groups in total. The van der Waals surface area contributed by atoms with Crippen molar-refractivity contribution >= 4 is 18.5 Å². The minimum atomic E-state index is -0.118. The zero-order valence-corrected chi connectivity index (χ0v) is 14.6. The number of allylic oxidation sites excluding steroid dienone is 2. The van der Waals surface area contributed by atoms with Crippen LogP contribution in [-0.2, 0) is 4.79 Å². The normalized spacial score (nSPS) is 27.4. The molecule has 1 amide bonds. The van der Waals surface area contributed by atoms with Gasteiger partial charge in [-0.25, -0.2) is 0 Å². The van der Waals surface area contributed by atoms with Crippen molar-refractivity contribution in [1.29, 1.82) is 5.26 Å². The summed E-state index contributed by atoms with van der Waals surface area (Å²) in [6.07, 6.45) is 10.7. The van der Waals surface area contributed by atoms with E-state index in [1.54, 1.807) is 12.6 Å². The van der Waals surface area contributed by atoms with Gasteiger partial charge in [0.25, 0.3) is 5.91 Å². The molecule has 3 heterocycles. The van der Waals surface area contributed by atoms with Gasteiger partial charge in [0.05, 0.1) is 24.3 Å². The van der Waals surface area contributed by atoms with Gasteiger partial charge in [-0.3, -0.25) is 14.8 Å². The van der Waals surface area contributed by atoms with E-state index in [2.05, 4.69) is 23.0 Å². The molecular weight excluding hydrogens is 314 g/mol. The molecule has 6 heteroatoms. The molecule has 0 radical (unpaired) electrons. The van der Waals surface area contributed by atoms with Crippen molar-refractivity contribution in [2.75, 3.05) is 19.6 Å². The molecule has 0 aromatic carbocycles. The average molecular weight is 337 g/mol. The van der Waals surface area contributed by atoms with Gasteiger partial charge in [-0.05, 0) is 38.2 Å². The highest BCUT2D eigenvalue weighted by Crippen LogP contribution is 2.54. The smallest absolute Gasteiger partial charge is 0.266 e. The molecule has 3 aliphatic heterocycles. The second-order valence-corrected chi connectivity index (χ2v) is 7.51. The molecule has 1 saturated heterocycles. The second-order valence-electron chi connectivity index (χ2n) is 7.51. The van der Waals surface area contributed by atoms with Crippen molar-refractivity contribution < 1.29 is 4.79 Å². The Bertz CT molecular complexity index is 744. The number of dihydropyridines is 1. The van der Waals surface area contributed by atoms with E-state index in [1.807, 2.05) is 15.9 Å². The summed E-state index contributed by atoms with van der Waals surface area (Å²) in [7, 11) is 0. The van der Waals surface area contributed by atoms with E-state index < -0.39 is 0 Å². The van der Waals surface area contributed by atoms with Gasteiger partial charge < -0.3 is 9.80 Å². The lowest BCUT2D eigenvalue weighted by molar-refractivity contribution is -0.127. The monoisotopic (exact) mass is 337 g/mol. The third kappa shape index (κ3) is 2.78. The van der Waals surface area contributed by atoms with Gasteiger partial charge in [-0.2, -0.15) is 5.26 Å². The van der Waals surface area contributed by atoms with Crippen LogP contribution >= 0.6 is 0 Å². The Morgan fingerprint density at radius 1 is 1.32 bits per heavy atom. The van der Waals surface area contributed by atoms with Crippen molar-refractivity contribution in [2.45, 2.75) is 45.1 Å². The van der Waals surface area contributed by atoms with Gasteiger partial charge in [0, 0.05) is 24.7 Å². The number of carbonyl (C=O) groups excluding carboxylic acids is 1. The second kappa shape index (κ2) is 6.14. The van der Waals surface area contributed by atoms with Crippen LogP contribution in [0.25, 0.3) is 0 Å². The molecule has 1 saturated carbocycles. The van der Waals surface area contributed by atoms with Gasteiger partial charge in [0.1, 0.15) is 17.7 Å². The quantitative estimate of drug-likeness (QED) is 0.586. The van der Waals surface area contributed by atoms with E-state index in [4.69, 9.17) is 0 Å². The summed E-state index contributed by atoms with van der Waals surface area (Å²) in [5, 5.41) is 9.87. The maximum absolute atomic E-state index is 13.1. The first-order valence-electron chi connectivity index (χ1n) is 9.11. The number of likely N-dealkylation sites (tertiary alicyclic amines) is 1. The van der Waals surface area contributed by atoms with Crippen LogP contribution in [-0.4, -0.2) is 53.9 Å². The molecule has 130 valence electrons. The number of nitrogens with zero attached hydrogens (tertiary/aromatic N) is 5. The van der Waals surface area contributed by atoms with Crippen LogP contribution in [0.15, 0.2) is 33.0 Å². The third-order valence-corrected chi connectivity index (χ3v) is 5.63. The summed E-state index contributed by atoms with van der Waals surface area (Å²) in [5.41, 5.74) is 2.03. The lowest BCUT2D eigenvalue weighted by Crippen LogP contribution is -2.39. The largest absolute Gasteiger partial charge is 0.338 e. The molecule has 1 atom stereocenters. The minimum absolute atomic E-state index is 0.00683. The van der Waals surface area contributed by atoms with Gasteiger partial charge in [-0.15, -0.1) is 0 Å². The average Bonchev–Trinajstić information content (AvgIpc) is 3.26. The van der Waals surface area contributed by atoms with Crippen LogP contribution in [0.1, 0.15) is 39.0 Å². The molecule has 0 aromatic rings. The number of hydrogen-bond donors (Lipinski definition) is 0.